The van der Waals surface area contributed by atoms with Crippen LogP contribution in [0.4, 0.5) is 0 Å². The molecule has 0 N–H and O–H groups in total. The van der Waals surface area contributed by atoms with Crippen molar-refractivity contribution < 1.29 is 14.3 Å². The lowest BCUT2D eigenvalue weighted by atomic mass is 9.92. The summed E-state index contributed by atoms with van der Waals surface area (Å²) in [6, 6.07) is 4.21. The molecule has 1 saturated heterocycles. The minimum atomic E-state index is 0.234. The number of ether oxygens (including phenoxy) is 2. The first-order chi connectivity index (χ1) is 8.74. The molecule has 4 nitrogen and oxygen atoms in total. The molecule has 1 amide bonds. The van der Waals surface area contributed by atoms with Crippen LogP contribution in [0.1, 0.15) is 30.0 Å². The van der Waals surface area contributed by atoms with Crippen molar-refractivity contribution in [3.8, 4) is 11.5 Å². The van der Waals surface area contributed by atoms with Crippen LogP contribution < -0.4 is 9.47 Å². The van der Waals surface area contributed by atoms with E-state index in [-0.39, 0.29) is 11.9 Å². The van der Waals surface area contributed by atoms with Gasteiger partial charge in [-0.1, -0.05) is 0 Å². The lowest BCUT2D eigenvalue weighted by Gasteiger charge is -2.32. The quantitative estimate of drug-likeness (QED) is 0.801. The maximum atomic E-state index is 12.0. The first-order valence-electron chi connectivity index (χ1n) is 6.29. The summed E-state index contributed by atoms with van der Waals surface area (Å²) in [5.41, 5.74) is 2.31. The molecule has 2 heterocycles. The van der Waals surface area contributed by atoms with E-state index in [1.165, 1.54) is 5.56 Å². The molecule has 0 aromatic heterocycles. The van der Waals surface area contributed by atoms with Crippen LogP contribution in [0, 0.1) is 0 Å². The van der Waals surface area contributed by atoms with Gasteiger partial charge in [0.05, 0.1) is 26.7 Å². The molecule has 2 aliphatic heterocycles. The summed E-state index contributed by atoms with van der Waals surface area (Å²) in [5.74, 6) is 1.69. The van der Waals surface area contributed by atoms with Gasteiger partial charge in [-0.25, -0.2) is 0 Å². The van der Waals surface area contributed by atoms with E-state index in [2.05, 4.69) is 0 Å². The van der Waals surface area contributed by atoms with Gasteiger partial charge >= 0.3 is 0 Å². The van der Waals surface area contributed by atoms with E-state index in [1.54, 1.807) is 14.2 Å². The minimum absolute atomic E-state index is 0.234. The first kappa shape index (κ1) is 11.4. The number of benzene rings is 1. The topological polar surface area (TPSA) is 38.8 Å². The second-order valence-corrected chi connectivity index (χ2v) is 4.83. The van der Waals surface area contributed by atoms with Crippen LogP contribution in [0.3, 0.4) is 0 Å². The number of carbonyl (C=O) groups is 1. The molecule has 0 bridgehead atoms. The predicted octanol–water partition coefficient (Wildman–Crippen LogP) is 1.92. The highest BCUT2D eigenvalue weighted by Crippen LogP contribution is 2.42. The minimum Gasteiger partial charge on any atom is -0.493 e. The Kier molecular flexibility index (Phi) is 2.65. The molecular weight excluding hydrogens is 230 g/mol. The molecule has 1 aromatic rings. The fraction of sp³-hybridized carbons (Fsp3) is 0.500. The van der Waals surface area contributed by atoms with E-state index in [0.29, 0.717) is 12.2 Å². The van der Waals surface area contributed by atoms with Crippen molar-refractivity contribution in [1.29, 1.82) is 0 Å². The molecular formula is C14H17NO3. The fourth-order valence-corrected chi connectivity index (χ4v) is 3.05. The molecule has 0 aliphatic carbocycles. The summed E-state index contributed by atoms with van der Waals surface area (Å²) >= 11 is 0. The second-order valence-electron chi connectivity index (χ2n) is 4.83. The lowest BCUT2D eigenvalue weighted by Crippen LogP contribution is -2.36. The van der Waals surface area contributed by atoms with Crippen molar-refractivity contribution in [3.05, 3.63) is 23.3 Å². The van der Waals surface area contributed by atoms with Crippen LogP contribution in [-0.2, 0) is 11.2 Å². The van der Waals surface area contributed by atoms with Gasteiger partial charge in [0.15, 0.2) is 11.5 Å². The standard InChI is InChI=1S/C14H17NO3/c1-17-12-6-9-7-14(16)15-5-3-4-11(15)10(9)8-13(12)18-2/h6,8,11H,3-5,7H2,1-2H3. The van der Waals surface area contributed by atoms with Gasteiger partial charge in [-0.3, -0.25) is 4.79 Å². The molecule has 1 aromatic carbocycles. The van der Waals surface area contributed by atoms with E-state index in [0.717, 1.165) is 30.7 Å². The van der Waals surface area contributed by atoms with Gasteiger partial charge in [0, 0.05) is 6.54 Å². The van der Waals surface area contributed by atoms with Crippen LogP contribution >= 0.6 is 0 Å². The third-order valence-corrected chi connectivity index (χ3v) is 3.92. The highest BCUT2D eigenvalue weighted by atomic mass is 16.5. The van der Waals surface area contributed by atoms with E-state index in [1.807, 2.05) is 17.0 Å². The number of fused-ring (bicyclic) bond motifs is 3. The number of hydrogen-bond acceptors (Lipinski definition) is 3. The molecule has 0 saturated carbocycles. The van der Waals surface area contributed by atoms with Crippen molar-refractivity contribution in [1.82, 2.24) is 4.90 Å². The number of carbonyl (C=O) groups excluding carboxylic acids is 1. The summed E-state index contributed by atoms with van der Waals surface area (Å²) in [6.45, 7) is 0.886. The zero-order valence-electron chi connectivity index (χ0n) is 10.7. The van der Waals surface area contributed by atoms with Gasteiger partial charge in [-0.2, -0.15) is 0 Å². The normalized spacial score (nSPS) is 21.6. The highest BCUT2D eigenvalue weighted by Gasteiger charge is 2.36. The van der Waals surface area contributed by atoms with Crippen LogP contribution in [0.25, 0.3) is 0 Å². The number of nitrogens with zero attached hydrogens (tertiary/aromatic N) is 1. The van der Waals surface area contributed by atoms with E-state index in [4.69, 9.17) is 9.47 Å². The molecule has 1 unspecified atom stereocenters. The Morgan fingerprint density at radius 1 is 1.22 bits per heavy atom. The maximum Gasteiger partial charge on any atom is 0.227 e. The van der Waals surface area contributed by atoms with Gasteiger partial charge in [-0.15, -0.1) is 0 Å². The Balaban J connectivity index is 2.10. The van der Waals surface area contributed by atoms with Crippen LogP contribution in [0.5, 0.6) is 11.5 Å². The Morgan fingerprint density at radius 3 is 2.67 bits per heavy atom. The number of amides is 1. The molecule has 4 heteroatoms. The summed E-state index contributed by atoms with van der Waals surface area (Å²) in [6.07, 6.45) is 2.62. The SMILES string of the molecule is COc1cc2c(cc1OC)C1CCCN1C(=O)C2. The lowest BCUT2D eigenvalue weighted by molar-refractivity contribution is -0.132. The fourth-order valence-electron chi connectivity index (χ4n) is 3.05. The molecule has 1 atom stereocenters. The highest BCUT2D eigenvalue weighted by molar-refractivity contribution is 5.82. The van der Waals surface area contributed by atoms with Gasteiger partial charge in [0.1, 0.15) is 0 Å². The van der Waals surface area contributed by atoms with Crippen molar-refractivity contribution in [2.75, 3.05) is 20.8 Å². The molecule has 18 heavy (non-hydrogen) atoms. The Hall–Kier alpha value is -1.71. The maximum absolute atomic E-state index is 12.0. The Morgan fingerprint density at radius 2 is 1.94 bits per heavy atom. The van der Waals surface area contributed by atoms with Crippen molar-refractivity contribution in [3.63, 3.8) is 0 Å². The summed E-state index contributed by atoms with van der Waals surface area (Å²) in [5, 5.41) is 0. The van der Waals surface area contributed by atoms with Gasteiger partial charge in [-0.05, 0) is 36.1 Å². The van der Waals surface area contributed by atoms with Gasteiger partial charge in [0.25, 0.3) is 0 Å². The van der Waals surface area contributed by atoms with E-state index >= 15 is 0 Å². The van der Waals surface area contributed by atoms with E-state index in [9.17, 15) is 4.79 Å². The zero-order chi connectivity index (χ0) is 12.7. The average molecular weight is 247 g/mol. The molecule has 2 aliphatic rings. The number of rotatable bonds is 2. The third kappa shape index (κ3) is 1.55. The number of methoxy groups -OCH3 is 2. The Labute approximate surface area is 106 Å². The van der Waals surface area contributed by atoms with Crippen LogP contribution in [0.15, 0.2) is 12.1 Å². The summed E-state index contributed by atoms with van der Waals surface area (Å²) in [4.78, 5) is 14.0. The second kappa shape index (κ2) is 4.19. The molecule has 0 spiro atoms. The van der Waals surface area contributed by atoms with Crippen molar-refractivity contribution in [2.24, 2.45) is 0 Å². The average Bonchev–Trinajstić information content (AvgIpc) is 2.87. The summed E-state index contributed by atoms with van der Waals surface area (Å²) in [7, 11) is 3.27. The molecule has 96 valence electrons. The van der Waals surface area contributed by atoms with Crippen LogP contribution in [-0.4, -0.2) is 31.6 Å². The summed E-state index contributed by atoms with van der Waals surface area (Å²) < 4.78 is 10.6. The zero-order valence-corrected chi connectivity index (χ0v) is 10.7. The monoisotopic (exact) mass is 247 g/mol. The van der Waals surface area contributed by atoms with E-state index < -0.39 is 0 Å². The van der Waals surface area contributed by atoms with Crippen molar-refractivity contribution in [2.45, 2.75) is 25.3 Å². The van der Waals surface area contributed by atoms with Gasteiger partial charge in [0.2, 0.25) is 5.91 Å². The Bertz CT molecular complexity index is 498. The van der Waals surface area contributed by atoms with Crippen LogP contribution in [0.2, 0.25) is 0 Å². The third-order valence-electron chi connectivity index (χ3n) is 3.92. The first-order valence-corrected chi connectivity index (χ1v) is 6.29. The molecule has 0 radical (unpaired) electrons. The predicted molar refractivity (Wildman–Crippen MR) is 66.9 cm³/mol. The molecule has 3 rings (SSSR count). The smallest absolute Gasteiger partial charge is 0.227 e. The molecule has 1 fully saturated rings. The van der Waals surface area contributed by atoms with Crippen molar-refractivity contribution >= 4 is 5.91 Å². The number of hydrogen-bond donors (Lipinski definition) is 0. The van der Waals surface area contributed by atoms with Gasteiger partial charge < -0.3 is 14.4 Å². The largest absolute Gasteiger partial charge is 0.493 e.